The topological polar surface area (TPSA) is 83.4 Å². The third-order valence-corrected chi connectivity index (χ3v) is 8.07. The number of piperazine rings is 1. The summed E-state index contributed by atoms with van der Waals surface area (Å²) in [6, 6.07) is 11.9. The Kier molecular flexibility index (Phi) is 8.09. The van der Waals surface area contributed by atoms with E-state index in [1.165, 1.54) is 34.4 Å². The van der Waals surface area contributed by atoms with Gasteiger partial charge < -0.3 is 15.1 Å². The number of anilines is 1. The van der Waals surface area contributed by atoms with E-state index in [2.05, 4.69) is 10.4 Å². The number of urea groups is 1. The summed E-state index contributed by atoms with van der Waals surface area (Å²) < 4.78 is 41.9. The molecule has 5 rings (SSSR count). The van der Waals surface area contributed by atoms with Gasteiger partial charge in [-0.3, -0.25) is 4.79 Å². The Labute approximate surface area is 245 Å². The van der Waals surface area contributed by atoms with Crippen LogP contribution in [0.2, 0.25) is 0 Å². The zero-order valence-corrected chi connectivity index (χ0v) is 24.5. The Morgan fingerprint density at radius 1 is 1.07 bits per heavy atom. The van der Waals surface area contributed by atoms with Crippen molar-refractivity contribution in [3.8, 4) is 16.4 Å². The van der Waals surface area contributed by atoms with Gasteiger partial charge in [-0.25, -0.2) is 14.5 Å². The van der Waals surface area contributed by atoms with Crippen molar-refractivity contribution in [2.75, 3.05) is 25.0 Å². The fourth-order valence-corrected chi connectivity index (χ4v) is 5.89. The number of aromatic nitrogens is 3. The zero-order chi connectivity index (χ0) is 30.2. The first-order valence-corrected chi connectivity index (χ1v) is 14.5. The van der Waals surface area contributed by atoms with Gasteiger partial charge in [-0.15, -0.1) is 11.3 Å². The molecule has 2 aromatic heterocycles. The van der Waals surface area contributed by atoms with Gasteiger partial charge in [0.15, 0.2) is 0 Å². The summed E-state index contributed by atoms with van der Waals surface area (Å²) in [6.07, 6.45) is -3.04. The monoisotopic (exact) mass is 596 g/mol. The lowest BCUT2D eigenvalue weighted by Gasteiger charge is -2.39. The second-order valence-corrected chi connectivity index (χ2v) is 11.5. The Hall–Kier alpha value is -4.19. The molecule has 2 aromatic carbocycles. The molecule has 12 heteroatoms. The molecule has 220 valence electrons. The SMILES string of the molecule is Cc1ccc(-c2csc(-n3ncc(C(=O)N4CCN(C(=O)Nc5ccccc5C(F)(F)F)C(C)C4)c3C(C)C)n2)cc1. The molecule has 1 fully saturated rings. The van der Waals surface area contributed by atoms with Crippen LogP contribution in [0.15, 0.2) is 60.1 Å². The first-order chi connectivity index (χ1) is 19.9. The average Bonchev–Trinajstić information content (AvgIpc) is 3.60. The quantitative estimate of drug-likeness (QED) is 0.274. The summed E-state index contributed by atoms with van der Waals surface area (Å²) in [4.78, 5) is 34.5. The average molecular weight is 597 g/mol. The van der Waals surface area contributed by atoms with Crippen molar-refractivity contribution in [3.05, 3.63) is 82.5 Å². The number of para-hydroxylation sites is 1. The number of hydrogen-bond acceptors (Lipinski definition) is 5. The van der Waals surface area contributed by atoms with Gasteiger partial charge in [-0.2, -0.15) is 18.3 Å². The molecule has 3 heterocycles. The number of benzene rings is 2. The summed E-state index contributed by atoms with van der Waals surface area (Å²) in [6.45, 7) is 8.40. The van der Waals surface area contributed by atoms with Crippen LogP contribution < -0.4 is 5.32 Å². The zero-order valence-electron chi connectivity index (χ0n) is 23.6. The van der Waals surface area contributed by atoms with Crippen molar-refractivity contribution in [1.29, 1.82) is 0 Å². The highest BCUT2D eigenvalue weighted by Crippen LogP contribution is 2.35. The molecule has 0 aliphatic carbocycles. The number of carbonyl (C=O) groups is 2. The highest BCUT2D eigenvalue weighted by molar-refractivity contribution is 7.12. The van der Waals surface area contributed by atoms with Crippen LogP contribution in [0.5, 0.6) is 0 Å². The highest BCUT2D eigenvalue weighted by atomic mass is 32.1. The second-order valence-electron chi connectivity index (χ2n) is 10.7. The molecule has 4 aromatic rings. The number of carbonyl (C=O) groups excluding carboxylic acids is 2. The lowest BCUT2D eigenvalue weighted by molar-refractivity contribution is -0.136. The van der Waals surface area contributed by atoms with E-state index < -0.39 is 23.8 Å². The molecule has 42 heavy (non-hydrogen) atoms. The summed E-state index contributed by atoms with van der Waals surface area (Å²) >= 11 is 1.44. The minimum atomic E-state index is -4.60. The lowest BCUT2D eigenvalue weighted by atomic mass is 10.0. The number of hydrogen-bond donors (Lipinski definition) is 1. The van der Waals surface area contributed by atoms with Crippen LogP contribution in [0.3, 0.4) is 0 Å². The van der Waals surface area contributed by atoms with Crippen molar-refractivity contribution in [1.82, 2.24) is 24.6 Å². The number of aryl methyl sites for hydroxylation is 1. The first-order valence-electron chi connectivity index (χ1n) is 13.6. The van der Waals surface area contributed by atoms with E-state index in [0.29, 0.717) is 10.7 Å². The maximum absolute atomic E-state index is 13.7. The van der Waals surface area contributed by atoms with E-state index in [0.717, 1.165) is 28.6 Å². The molecule has 1 saturated heterocycles. The minimum Gasteiger partial charge on any atom is -0.335 e. The van der Waals surface area contributed by atoms with Gasteiger partial charge in [0.1, 0.15) is 0 Å². The molecule has 8 nitrogen and oxygen atoms in total. The molecule has 0 bridgehead atoms. The number of rotatable bonds is 5. The summed E-state index contributed by atoms with van der Waals surface area (Å²) in [5.74, 6) is -0.244. The number of nitrogens with zero attached hydrogens (tertiary/aromatic N) is 5. The van der Waals surface area contributed by atoms with Gasteiger partial charge in [0.05, 0.1) is 34.4 Å². The van der Waals surface area contributed by atoms with E-state index in [4.69, 9.17) is 4.98 Å². The molecule has 1 unspecified atom stereocenters. The number of nitrogens with one attached hydrogen (secondary N) is 1. The van der Waals surface area contributed by atoms with Gasteiger partial charge in [-0.1, -0.05) is 55.8 Å². The van der Waals surface area contributed by atoms with Gasteiger partial charge in [0.25, 0.3) is 5.91 Å². The Morgan fingerprint density at radius 3 is 2.45 bits per heavy atom. The Balaban J connectivity index is 1.31. The molecular formula is C30H31F3N6O2S. The van der Waals surface area contributed by atoms with E-state index in [9.17, 15) is 22.8 Å². The molecule has 1 aliphatic rings. The molecule has 1 N–H and O–H groups in total. The van der Waals surface area contributed by atoms with E-state index in [-0.39, 0.29) is 37.1 Å². The Morgan fingerprint density at radius 2 is 1.79 bits per heavy atom. The van der Waals surface area contributed by atoms with E-state index in [1.54, 1.807) is 22.7 Å². The van der Waals surface area contributed by atoms with Crippen molar-refractivity contribution >= 4 is 29.0 Å². The van der Waals surface area contributed by atoms with Crippen molar-refractivity contribution in [3.63, 3.8) is 0 Å². The number of alkyl halides is 3. The van der Waals surface area contributed by atoms with Gasteiger partial charge in [0, 0.05) is 36.6 Å². The van der Waals surface area contributed by atoms with Gasteiger partial charge >= 0.3 is 12.2 Å². The van der Waals surface area contributed by atoms with Crippen LogP contribution in [-0.2, 0) is 6.18 Å². The van der Waals surface area contributed by atoms with Gasteiger partial charge in [-0.05, 0) is 31.9 Å². The standard InChI is InChI=1S/C30H31F3N6O2S/c1-18(2)26-22(15-34-39(26)29-36-25(17-42-29)21-11-9-19(3)10-12-21)27(40)37-13-14-38(20(4)16-37)28(41)35-24-8-6-5-7-23(24)30(31,32)33/h5-12,15,17-18,20H,13-14,16H2,1-4H3,(H,35,41). The minimum absolute atomic E-state index is 0.0311. The molecular weight excluding hydrogens is 565 g/mol. The predicted molar refractivity (Wildman–Crippen MR) is 156 cm³/mol. The fraction of sp³-hybridized carbons (Fsp3) is 0.333. The van der Waals surface area contributed by atoms with Crippen molar-refractivity contribution < 1.29 is 22.8 Å². The Bertz CT molecular complexity index is 1600. The van der Waals surface area contributed by atoms with Crippen LogP contribution >= 0.6 is 11.3 Å². The van der Waals surface area contributed by atoms with Crippen molar-refractivity contribution in [2.45, 2.75) is 45.8 Å². The second kappa shape index (κ2) is 11.6. The number of amides is 3. The largest absolute Gasteiger partial charge is 0.418 e. The molecule has 0 saturated carbocycles. The maximum Gasteiger partial charge on any atom is 0.418 e. The number of halogens is 3. The maximum atomic E-state index is 13.7. The molecule has 0 spiro atoms. The predicted octanol–water partition coefficient (Wildman–Crippen LogP) is 6.82. The van der Waals surface area contributed by atoms with Crippen LogP contribution in [0, 0.1) is 6.92 Å². The summed E-state index contributed by atoms with van der Waals surface area (Å²) in [5, 5.41) is 9.55. The molecule has 1 aliphatic heterocycles. The van der Waals surface area contributed by atoms with Crippen LogP contribution in [0.1, 0.15) is 53.9 Å². The third-order valence-electron chi connectivity index (χ3n) is 7.25. The molecule has 0 radical (unpaired) electrons. The van der Waals surface area contributed by atoms with Crippen LogP contribution in [0.25, 0.3) is 16.4 Å². The normalized spacial score (nSPS) is 15.8. The van der Waals surface area contributed by atoms with Crippen molar-refractivity contribution in [2.24, 2.45) is 0 Å². The third kappa shape index (κ3) is 5.89. The number of thiazole rings is 1. The van der Waals surface area contributed by atoms with E-state index in [1.807, 2.05) is 50.4 Å². The first kappa shape index (κ1) is 29.3. The summed E-state index contributed by atoms with van der Waals surface area (Å²) in [5.41, 5.74) is 2.97. The van der Waals surface area contributed by atoms with Gasteiger partial charge in [0.2, 0.25) is 5.13 Å². The summed E-state index contributed by atoms with van der Waals surface area (Å²) in [7, 11) is 0. The fourth-order valence-electron chi connectivity index (χ4n) is 5.09. The van der Waals surface area contributed by atoms with Crippen LogP contribution in [-0.4, -0.2) is 62.2 Å². The smallest absolute Gasteiger partial charge is 0.335 e. The van der Waals surface area contributed by atoms with E-state index >= 15 is 0 Å². The molecule has 1 atom stereocenters. The lowest BCUT2D eigenvalue weighted by Crippen LogP contribution is -2.56. The molecule has 3 amide bonds. The highest BCUT2D eigenvalue weighted by Gasteiger charge is 2.36. The van der Waals surface area contributed by atoms with Crippen LogP contribution in [0.4, 0.5) is 23.7 Å².